The zero-order chi connectivity index (χ0) is 23.0. The third-order valence-corrected chi connectivity index (χ3v) is 5.65. The van der Waals surface area contributed by atoms with Crippen molar-refractivity contribution in [2.24, 2.45) is 0 Å². The van der Waals surface area contributed by atoms with Crippen LogP contribution in [0.15, 0.2) is 35.1 Å². The molecule has 0 N–H and O–H groups in total. The second kappa shape index (κ2) is 8.42. The van der Waals surface area contributed by atoms with Gasteiger partial charge in [-0.3, -0.25) is 14.2 Å². The number of aromatic nitrogens is 3. The van der Waals surface area contributed by atoms with Crippen LogP contribution in [0.3, 0.4) is 0 Å². The van der Waals surface area contributed by atoms with Gasteiger partial charge in [-0.05, 0) is 31.0 Å². The molecule has 1 fully saturated rings. The van der Waals surface area contributed by atoms with E-state index < -0.39 is 17.3 Å². The fourth-order valence-corrected chi connectivity index (χ4v) is 3.93. The number of carbonyl (C=O) groups is 1. The van der Waals surface area contributed by atoms with Gasteiger partial charge >= 0.3 is 6.18 Å². The Morgan fingerprint density at radius 2 is 1.81 bits per heavy atom. The lowest BCUT2D eigenvalue weighted by Gasteiger charge is -2.27. The number of hydrogen-bond donors (Lipinski definition) is 0. The summed E-state index contributed by atoms with van der Waals surface area (Å²) in [5, 5.41) is 4.13. The van der Waals surface area contributed by atoms with Crippen LogP contribution in [0.2, 0.25) is 0 Å². The van der Waals surface area contributed by atoms with Gasteiger partial charge in [-0.1, -0.05) is 19.1 Å². The highest BCUT2D eigenvalue weighted by atomic mass is 19.4. The van der Waals surface area contributed by atoms with Crippen LogP contribution in [0, 0.1) is 6.92 Å². The van der Waals surface area contributed by atoms with E-state index in [0.29, 0.717) is 38.1 Å². The second-order valence-electron chi connectivity index (χ2n) is 7.69. The minimum atomic E-state index is -4.74. The van der Waals surface area contributed by atoms with Crippen LogP contribution < -0.4 is 5.56 Å². The standard InChI is InChI=1S/C22H23F3N4O3/c1-3-15-4-6-16(7-5-15)29-21-20(14(2)26-29)17(22(23,24)25)12-18(30)28(21)13-19(31)27-8-10-32-11-9-27/h4-7,12H,3,8-11,13H2,1-2H3. The highest BCUT2D eigenvalue weighted by Crippen LogP contribution is 2.36. The van der Waals surface area contributed by atoms with Crippen LogP contribution in [-0.4, -0.2) is 51.5 Å². The summed E-state index contributed by atoms with van der Waals surface area (Å²) >= 11 is 0. The molecule has 0 saturated carbocycles. The molecule has 3 aromatic rings. The molecular formula is C22H23F3N4O3. The zero-order valence-electron chi connectivity index (χ0n) is 17.8. The van der Waals surface area contributed by atoms with E-state index in [9.17, 15) is 22.8 Å². The maximum absolute atomic E-state index is 13.8. The lowest BCUT2D eigenvalue weighted by molar-refractivity contribution is -0.136. The second-order valence-corrected chi connectivity index (χ2v) is 7.69. The average Bonchev–Trinajstić information content (AvgIpc) is 3.12. The van der Waals surface area contributed by atoms with Crippen molar-refractivity contribution in [3.8, 4) is 5.69 Å². The van der Waals surface area contributed by atoms with Crippen molar-refractivity contribution >= 4 is 16.9 Å². The third kappa shape index (κ3) is 4.02. The van der Waals surface area contributed by atoms with Crippen molar-refractivity contribution in [3.63, 3.8) is 0 Å². The number of fused-ring (bicyclic) bond motifs is 1. The van der Waals surface area contributed by atoms with Gasteiger partial charge in [0.2, 0.25) is 5.91 Å². The summed E-state index contributed by atoms with van der Waals surface area (Å²) in [5.41, 5.74) is -0.323. The Morgan fingerprint density at radius 3 is 2.41 bits per heavy atom. The van der Waals surface area contributed by atoms with Gasteiger partial charge in [0.1, 0.15) is 12.2 Å². The molecule has 1 aromatic carbocycles. The van der Waals surface area contributed by atoms with Crippen LogP contribution in [-0.2, 0) is 28.7 Å². The molecular weight excluding hydrogens is 425 g/mol. The molecule has 0 radical (unpaired) electrons. The van der Waals surface area contributed by atoms with Crippen molar-refractivity contribution < 1.29 is 22.7 Å². The lowest BCUT2D eigenvalue weighted by atomic mass is 10.1. The van der Waals surface area contributed by atoms with Crippen molar-refractivity contribution in [1.29, 1.82) is 0 Å². The number of amides is 1. The molecule has 4 rings (SSSR count). The highest BCUT2D eigenvalue weighted by molar-refractivity contribution is 5.86. The first-order chi connectivity index (χ1) is 15.2. The lowest BCUT2D eigenvalue weighted by Crippen LogP contribution is -2.43. The van der Waals surface area contributed by atoms with E-state index in [1.807, 2.05) is 19.1 Å². The van der Waals surface area contributed by atoms with Crippen LogP contribution in [0.1, 0.15) is 23.7 Å². The van der Waals surface area contributed by atoms with E-state index in [2.05, 4.69) is 5.10 Å². The van der Waals surface area contributed by atoms with Gasteiger partial charge in [0.05, 0.1) is 35.5 Å². The Hall–Kier alpha value is -3.14. The van der Waals surface area contributed by atoms with E-state index in [1.165, 1.54) is 11.6 Å². The molecule has 1 aliphatic rings. The maximum Gasteiger partial charge on any atom is 0.417 e. The number of morpholine rings is 1. The monoisotopic (exact) mass is 448 g/mol. The van der Waals surface area contributed by atoms with E-state index in [1.54, 1.807) is 17.0 Å². The number of aryl methyl sites for hydroxylation is 2. The molecule has 0 unspecified atom stereocenters. The topological polar surface area (TPSA) is 69.4 Å². The molecule has 0 bridgehead atoms. The third-order valence-electron chi connectivity index (χ3n) is 5.65. The highest BCUT2D eigenvalue weighted by Gasteiger charge is 2.36. The number of halogens is 3. The van der Waals surface area contributed by atoms with Crippen LogP contribution in [0.4, 0.5) is 13.2 Å². The first-order valence-corrected chi connectivity index (χ1v) is 10.4. The number of hydrogen-bond acceptors (Lipinski definition) is 4. The normalized spacial score (nSPS) is 14.8. The van der Waals surface area contributed by atoms with Crippen molar-refractivity contribution in [2.75, 3.05) is 26.3 Å². The fraction of sp³-hybridized carbons (Fsp3) is 0.409. The predicted octanol–water partition coefficient (Wildman–Crippen LogP) is 2.94. The summed E-state index contributed by atoms with van der Waals surface area (Å²) < 4.78 is 49.0. The van der Waals surface area contributed by atoms with Crippen LogP contribution in [0.5, 0.6) is 0 Å². The van der Waals surface area contributed by atoms with Gasteiger partial charge in [-0.15, -0.1) is 0 Å². The van der Waals surface area contributed by atoms with E-state index >= 15 is 0 Å². The first kappa shape index (κ1) is 22.1. The van der Waals surface area contributed by atoms with Gasteiger partial charge in [0, 0.05) is 19.2 Å². The molecule has 170 valence electrons. The molecule has 3 heterocycles. The molecule has 0 atom stereocenters. The zero-order valence-corrected chi connectivity index (χ0v) is 17.8. The van der Waals surface area contributed by atoms with Crippen LogP contribution in [0.25, 0.3) is 16.7 Å². The molecule has 1 amide bonds. The van der Waals surface area contributed by atoms with Gasteiger partial charge < -0.3 is 9.64 Å². The molecule has 0 aliphatic carbocycles. The summed E-state index contributed by atoms with van der Waals surface area (Å²) in [6, 6.07) is 7.74. The molecule has 2 aromatic heterocycles. The van der Waals surface area contributed by atoms with E-state index in [4.69, 9.17) is 4.74 Å². The Labute approximate surface area is 182 Å². The quantitative estimate of drug-likeness (QED) is 0.616. The Morgan fingerprint density at radius 1 is 1.16 bits per heavy atom. The van der Waals surface area contributed by atoms with Crippen molar-refractivity contribution in [2.45, 2.75) is 33.0 Å². The van der Waals surface area contributed by atoms with Gasteiger partial charge in [0.15, 0.2) is 0 Å². The molecule has 32 heavy (non-hydrogen) atoms. The van der Waals surface area contributed by atoms with E-state index in [0.717, 1.165) is 16.6 Å². The maximum atomic E-state index is 13.8. The fourth-order valence-electron chi connectivity index (χ4n) is 3.93. The molecule has 10 heteroatoms. The number of benzene rings is 1. The number of carbonyl (C=O) groups excluding carboxylic acids is 1. The first-order valence-electron chi connectivity index (χ1n) is 10.4. The minimum absolute atomic E-state index is 0.0480. The van der Waals surface area contributed by atoms with Crippen LogP contribution >= 0.6 is 0 Å². The minimum Gasteiger partial charge on any atom is -0.378 e. The molecule has 0 spiro atoms. The summed E-state index contributed by atoms with van der Waals surface area (Å²) in [7, 11) is 0. The molecule has 1 saturated heterocycles. The van der Waals surface area contributed by atoms with Gasteiger partial charge in [-0.25, -0.2) is 4.68 Å². The smallest absolute Gasteiger partial charge is 0.378 e. The Kier molecular flexibility index (Phi) is 5.81. The SMILES string of the molecule is CCc1ccc(-n2nc(C)c3c(C(F)(F)F)cc(=O)n(CC(=O)N4CCOCC4)c32)cc1. The summed E-state index contributed by atoms with van der Waals surface area (Å²) in [4.78, 5) is 27.2. The summed E-state index contributed by atoms with van der Waals surface area (Å²) in [5.74, 6) is -0.358. The van der Waals surface area contributed by atoms with Gasteiger partial charge in [0.25, 0.3) is 5.56 Å². The number of ether oxygens (including phenoxy) is 1. The number of rotatable bonds is 4. The summed E-state index contributed by atoms with van der Waals surface area (Å²) in [6.45, 7) is 4.57. The average molecular weight is 448 g/mol. The molecule has 1 aliphatic heterocycles. The van der Waals surface area contributed by atoms with Crippen molar-refractivity contribution in [3.05, 3.63) is 57.5 Å². The number of nitrogens with zero attached hydrogens (tertiary/aromatic N) is 4. The largest absolute Gasteiger partial charge is 0.417 e. The Bertz CT molecular complexity index is 1210. The predicted molar refractivity (Wildman–Crippen MR) is 112 cm³/mol. The number of pyridine rings is 1. The summed E-state index contributed by atoms with van der Waals surface area (Å²) in [6.07, 6.45) is -3.94. The Balaban J connectivity index is 1.93. The molecule has 7 nitrogen and oxygen atoms in total. The number of alkyl halides is 3. The van der Waals surface area contributed by atoms with E-state index in [-0.39, 0.29) is 29.2 Å². The van der Waals surface area contributed by atoms with Crippen molar-refractivity contribution in [1.82, 2.24) is 19.2 Å². The van der Waals surface area contributed by atoms with Gasteiger partial charge in [-0.2, -0.15) is 18.3 Å².